The fraction of sp³-hybridized carbons (Fsp3) is 0.100. The van der Waals surface area contributed by atoms with Crippen LogP contribution in [0.3, 0.4) is 0 Å². The minimum atomic E-state index is 0.332. The van der Waals surface area contributed by atoms with Gasteiger partial charge in [0.15, 0.2) is 0 Å². The lowest BCUT2D eigenvalue weighted by Gasteiger charge is -2.00. The molecule has 1 aromatic carbocycles. The number of rotatable bonds is 3. The summed E-state index contributed by atoms with van der Waals surface area (Å²) >= 11 is 0. The first kappa shape index (κ1) is 9.30. The van der Waals surface area contributed by atoms with E-state index in [4.69, 9.17) is 0 Å². The summed E-state index contributed by atoms with van der Waals surface area (Å²) in [5.41, 5.74) is 1.77. The molecule has 0 radical (unpaired) electrons. The highest BCUT2D eigenvalue weighted by Gasteiger charge is 1.98. The van der Waals surface area contributed by atoms with Crippen molar-refractivity contribution < 1.29 is 4.79 Å². The van der Waals surface area contributed by atoms with Crippen LogP contribution in [0.1, 0.15) is 5.56 Å². The van der Waals surface area contributed by atoms with Crippen molar-refractivity contribution in [3.63, 3.8) is 0 Å². The van der Waals surface area contributed by atoms with Gasteiger partial charge in [0.1, 0.15) is 0 Å². The molecular weight excluding hydrogens is 192 g/mol. The molecule has 2 rings (SSSR count). The quantitative estimate of drug-likeness (QED) is 0.550. The Bertz CT molecular complexity index is 486. The van der Waals surface area contributed by atoms with Crippen LogP contribution in [0.5, 0.6) is 0 Å². The van der Waals surface area contributed by atoms with Crippen LogP contribution in [-0.4, -0.2) is 21.1 Å². The van der Waals surface area contributed by atoms with Crippen LogP contribution in [0.15, 0.2) is 41.7 Å². The van der Waals surface area contributed by atoms with Gasteiger partial charge in [0, 0.05) is 0 Å². The van der Waals surface area contributed by atoms with Crippen molar-refractivity contribution in [3.8, 4) is 5.69 Å². The van der Waals surface area contributed by atoms with Crippen molar-refractivity contribution in [2.24, 2.45) is 4.99 Å². The van der Waals surface area contributed by atoms with E-state index in [2.05, 4.69) is 15.2 Å². The molecule has 0 atom stereocenters. The number of hydrogen-bond donors (Lipinski definition) is 0. The van der Waals surface area contributed by atoms with Gasteiger partial charge in [-0.3, -0.25) is 0 Å². The second kappa shape index (κ2) is 4.30. The van der Waals surface area contributed by atoms with Gasteiger partial charge in [-0.2, -0.15) is 15.0 Å². The number of benzene rings is 1. The minimum Gasteiger partial charge on any atom is -0.211 e. The van der Waals surface area contributed by atoms with Crippen molar-refractivity contribution >= 4 is 6.08 Å². The van der Waals surface area contributed by atoms with Crippen LogP contribution in [0, 0.1) is 0 Å². The Kier molecular flexibility index (Phi) is 2.67. The lowest BCUT2D eigenvalue weighted by Crippen LogP contribution is -1.98. The summed E-state index contributed by atoms with van der Waals surface area (Å²) in [7, 11) is 0. The highest BCUT2D eigenvalue weighted by Crippen LogP contribution is 2.08. The van der Waals surface area contributed by atoms with E-state index in [-0.39, 0.29) is 0 Å². The normalized spacial score (nSPS) is 9.60. The molecule has 0 aliphatic carbocycles. The first-order chi connectivity index (χ1) is 7.40. The van der Waals surface area contributed by atoms with Crippen LogP contribution in [0.2, 0.25) is 0 Å². The molecule has 0 aliphatic rings. The lowest BCUT2D eigenvalue weighted by atomic mass is 10.2. The molecule has 1 heterocycles. The van der Waals surface area contributed by atoms with Crippen LogP contribution in [0.4, 0.5) is 0 Å². The maximum Gasteiger partial charge on any atom is 0.235 e. The Morgan fingerprint density at radius 1 is 1.33 bits per heavy atom. The second-order valence-corrected chi connectivity index (χ2v) is 2.90. The van der Waals surface area contributed by atoms with E-state index < -0.39 is 0 Å². The van der Waals surface area contributed by atoms with Crippen LogP contribution in [0.25, 0.3) is 5.69 Å². The third-order valence-corrected chi connectivity index (χ3v) is 1.89. The van der Waals surface area contributed by atoms with Crippen molar-refractivity contribution in [1.29, 1.82) is 0 Å². The number of carbonyl (C=O) groups excluding carboxylic acids is 1. The topological polar surface area (TPSA) is 60.1 Å². The first-order valence-electron chi connectivity index (χ1n) is 4.39. The van der Waals surface area contributed by atoms with Gasteiger partial charge < -0.3 is 0 Å². The highest BCUT2D eigenvalue weighted by molar-refractivity contribution is 5.36. The number of aliphatic imine (C=N–C) groups is 1. The zero-order valence-corrected chi connectivity index (χ0v) is 7.87. The Labute approximate surface area is 86.1 Å². The largest absolute Gasteiger partial charge is 0.235 e. The molecule has 0 amide bonds. The molecule has 5 nitrogen and oxygen atoms in total. The zero-order chi connectivity index (χ0) is 10.5. The van der Waals surface area contributed by atoms with Crippen molar-refractivity contribution in [2.45, 2.75) is 6.54 Å². The van der Waals surface area contributed by atoms with Gasteiger partial charge in [-0.05, 0) is 17.7 Å². The van der Waals surface area contributed by atoms with Gasteiger partial charge in [-0.15, -0.1) is 0 Å². The third-order valence-electron chi connectivity index (χ3n) is 1.89. The smallest absolute Gasteiger partial charge is 0.211 e. The SMILES string of the molecule is O=C=NCc1cccc(-n2nccn2)c1. The molecule has 0 saturated heterocycles. The molecule has 0 bridgehead atoms. The summed E-state index contributed by atoms with van der Waals surface area (Å²) in [6, 6.07) is 7.51. The molecule has 5 heteroatoms. The van der Waals surface area contributed by atoms with Gasteiger partial charge >= 0.3 is 0 Å². The van der Waals surface area contributed by atoms with E-state index in [1.165, 1.54) is 10.9 Å². The van der Waals surface area contributed by atoms with E-state index in [1.54, 1.807) is 12.4 Å². The molecule has 15 heavy (non-hydrogen) atoms. The second-order valence-electron chi connectivity index (χ2n) is 2.90. The summed E-state index contributed by atoms with van der Waals surface area (Å²) in [4.78, 5) is 15.0. The van der Waals surface area contributed by atoms with Crippen LogP contribution < -0.4 is 0 Å². The van der Waals surface area contributed by atoms with E-state index in [1.807, 2.05) is 24.3 Å². The van der Waals surface area contributed by atoms with Crippen molar-refractivity contribution in [1.82, 2.24) is 15.0 Å². The fourth-order valence-electron chi connectivity index (χ4n) is 1.25. The number of aromatic nitrogens is 3. The van der Waals surface area contributed by atoms with Gasteiger partial charge in [0.2, 0.25) is 6.08 Å². The molecular formula is C10H8N4O. The standard InChI is InChI=1S/C10H8N4O/c15-8-11-7-9-2-1-3-10(6-9)14-12-4-5-13-14/h1-6H,7H2. The van der Waals surface area contributed by atoms with Gasteiger partial charge in [0.25, 0.3) is 0 Å². The summed E-state index contributed by atoms with van der Waals surface area (Å²) < 4.78 is 0. The van der Waals surface area contributed by atoms with Crippen LogP contribution >= 0.6 is 0 Å². The minimum absolute atomic E-state index is 0.332. The molecule has 0 fully saturated rings. The highest BCUT2D eigenvalue weighted by atomic mass is 16.1. The molecule has 0 unspecified atom stereocenters. The van der Waals surface area contributed by atoms with Gasteiger partial charge in [-0.25, -0.2) is 9.79 Å². The summed E-state index contributed by atoms with van der Waals surface area (Å²) in [5, 5.41) is 8.01. The van der Waals surface area contributed by atoms with Crippen molar-refractivity contribution in [2.75, 3.05) is 0 Å². The fourth-order valence-corrected chi connectivity index (χ4v) is 1.25. The monoisotopic (exact) mass is 200 g/mol. The number of nitrogens with zero attached hydrogens (tertiary/aromatic N) is 4. The molecule has 74 valence electrons. The number of isocyanates is 1. The average molecular weight is 200 g/mol. The molecule has 0 aliphatic heterocycles. The Balaban J connectivity index is 2.30. The van der Waals surface area contributed by atoms with Crippen molar-refractivity contribution in [3.05, 3.63) is 42.2 Å². The Morgan fingerprint density at radius 2 is 2.13 bits per heavy atom. The molecule has 1 aromatic heterocycles. The molecule has 0 spiro atoms. The summed E-state index contributed by atoms with van der Waals surface area (Å²) in [5.74, 6) is 0. The first-order valence-corrected chi connectivity index (χ1v) is 4.39. The Morgan fingerprint density at radius 3 is 2.87 bits per heavy atom. The van der Waals surface area contributed by atoms with E-state index >= 15 is 0 Å². The third kappa shape index (κ3) is 2.15. The van der Waals surface area contributed by atoms with Gasteiger partial charge in [0.05, 0.1) is 24.6 Å². The Hall–Kier alpha value is -2.26. The predicted octanol–water partition coefficient (Wildman–Crippen LogP) is 1.10. The summed E-state index contributed by atoms with van der Waals surface area (Å²) in [6.07, 6.45) is 4.72. The van der Waals surface area contributed by atoms with Crippen LogP contribution in [-0.2, 0) is 11.3 Å². The lowest BCUT2D eigenvalue weighted by molar-refractivity contribution is 0.563. The predicted molar refractivity (Wildman–Crippen MR) is 53.2 cm³/mol. The molecule has 0 saturated carbocycles. The summed E-state index contributed by atoms with van der Waals surface area (Å²) in [6.45, 7) is 0.332. The number of hydrogen-bond acceptors (Lipinski definition) is 4. The zero-order valence-electron chi connectivity index (χ0n) is 7.87. The van der Waals surface area contributed by atoms with Gasteiger partial charge in [-0.1, -0.05) is 12.1 Å². The average Bonchev–Trinajstić information content (AvgIpc) is 2.80. The maximum atomic E-state index is 9.97. The maximum absolute atomic E-state index is 9.97. The van der Waals surface area contributed by atoms with E-state index in [0.29, 0.717) is 6.54 Å². The van der Waals surface area contributed by atoms with E-state index in [9.17, 15) is 4.79 Å². The van der Waals surface area contributed by atoms with E-state index in [0.717, 1.165) is 11.3 Å². The molecule has 0 N–H and O–H groups in total. The molecule has 2 aromatic rings.